The van der Waals surface area contributed by atoms with Crippen molar-refractivity contribution < 1.29 is 31.5 Å². The number of carboxylic acids is 1. The third-order valence-corrected chi connectivity index (χ3v) is 4.05. The summed E-state index contributed by atoms with van der Waals surface area (Å²) in [7, 11) is -5.38. The number of halogens is 3. The molecule has 1 rings (SSSR count). The summed E-state index contributed by atoms with van der Waals surface area (Å²) in [6, 6.07) is 3.95. The van der Waals surface area contributed by atoms with Crippen molar-refractivity contribution in [1.82, 2.24) is 0 Å². The highest BCUT2D eigenvalue weighted by Gasteiger charge is 2.46. The lowest BCUT2D eigenvalue weighted by atomic mass is 10.0. The molecule has 0 bridgehead atoms. The van der Waals surface area contributed by atoms with Crippen molar-refractivity contribution in [1.29, 1.82) is 0 Å². The molecular formula is C12H14F3NO4S. The zero-order chi connectivity index (χ0) is 16.5. The maximum atomic E-state index is 12.4. The van der Waals surface area contributed by atoms with Crippen LogP contribution >= 0.6 is 0 Å². The molecule has 0 amide bonds. The molecule has 2 N–H and O–H groups in total. The first-order valence-electron chi connectivity index (χ1n) is 5.76. The van der Waals surface area contributed by atoms with E-state index in [0.29, 0.717) is 5.69 Å². The number of nitrogens with one attached hydrogen (secondary N) is 1. The Balaban J connectivity index is 2.97. The zero-order valence-corrected chi connectivity index (χ0v) is 12.0. The monoisotopic (exact) mass is 325 g/mol. The Bertz CT molecular complexity index is 621. The summed E-state index contributed by atoms with van der Waals surface area (Å²) in [5.41, 5.74) is -5.87. The van der Waals surface area contributed by atoms with Gasteiger partial charge in [0.15, 0.2) is 0 Å². The van der Waals surface area contributed by atoms with Gasteiger partial charge in [-0.25, -0.2) is 8.42 Å². The highest BCUT2D eigenvalue weighted by molar-refractivity contribution is 7.92. The normalized spacial score (nSPS) is 13.0. The molecule has 0 radical (unpaired) electrons. The van der Waals surface area contributed by atoms with E-state index >= 15 is 0 Å². The molecule has 9 heteroatoms. The smallest absolute Gasteiger partial charge is 0.481 e. The second kappa shape index (κ2) is 5.55. The predicted molar refractivity (Wildman–Crippen MR) is 69.6 cm³/mol. The molecule has 0 fully saturated rings. The number of hydrogen-bond acceptors (Lipinski definition) is 4. The highest BCUT2D eigenvalue weighted by Crippen LogP contribution is 2.31. The van der Waals surface area contributed by atoms with Crippen LogP contribution in [0.4, 0.5) is 18.9 Å². The predicted octanol–water partition coefficient (Wildman–Crippen LogP) is 2.65. The van der Waals surface area contributed by atoms with Gasteiger partial charge in [-0.05, 0) is 38.1 Å². The van der Waals surface area contributed by atoms with Gasteiger partial charge < -0.3 is 10.4 Å². The van der Waals surface area contributed by atoms with Crippen molar-refractivity contribution >= 4 is 21.5 Å². The minimum absolute atomic E-state index is 0.213. The maximum absolute atomic E-state index is 12.4. The van der Waals surface area contributed by atoms with Crippen LogP contribution in [0.25, 0.3) is 0 Å². The van der Waals surface area contributed by atoms with Gasteiger partial charge in [-0.15, -0.1) is 0 Å². The van der Waals surface area contributed by atoms with E-state index in [9.17, 15) is 26.4 Å². The van der Waals surface area contributed by atoms with E-state index in [0.717, 1.165) is 24.3 Å². The zero-order valence-electron chi connectivity index (χ0n) is 11.2. The van der Waals surface area contributed by atoms with Gasteiger partial charge in [0.05, 0.1) is 11.3 Å². The van der Waals surface area contributed by atoms with Crippen molar-refractivity contribution in [3.8, 4) is 0 Å². The van der Waals surface area contributed by atoms with E-state index in [1.165, 1.54) is 0 Å². The van der Waals surface area contributed by atoms with Crippen molar-refractivity contribution in [2.45, 2.75) is 36.2 Å². The standard InChI is InChI=1S/C12H14F3NO4S/c1-11(2,7-10(17)18)16-8-3-5-9(6-4-8)21(19,20)12(13,14)15/h3-6,16H,7H2,1-2H3,(H,17,18). The van der Waals surface area contributed by atoms with Gasteiger partial charge in [-0.3, -0.25) is 4.79 Å². The number of benzene rings is 1. The molecular weight excluding hydrogens is 311 g/mol. The minimum Gasteiger partial charge on any atom is -0.481 e. The van der Waals surface area contributed by atoms with Gasteiger partial charge in [-0.1, -0.05) is 0 Å². The second-order valence-electron chi connectivity index (χ2n) is 5.05. The van der Waals surface area contributed by atoms with Gasteiger partial charge in [0.1, 0.15) is 0 Å². The number of carboxylic acid groups (broad SMARTS) is 1. The van der Waals surface area contributed by atoms with Gasteiger partial charge in [0, 0.05) is 11.2 Å². The second-order valence-corrected chi connectivity index (χ2v) is 6.99. The van der Waals surface area contributed by atoms with Gasteiger partial charge in [-0.2, -0.15) is 13.2 Å². The Morgan fingerprint density at radius 2 is 1.67 bits per heavy atom. The SMILES string of the molecule is CC(C)(CC(=O)O)Nc1ccc(S(=O)(=O)C(F)(F)F)cc1. The van der Waals surface area contributed by atoms with Crippen molar-refractivity contribution in [3.63, 3.8) is 0 Å². The number of aliphatic carboxylic acids is 1. The van der Waals surface area contributed by atoms with E-state index in [4.69, 9.17) is 5.11 Å². The molecule has 21 heavy (non-hydrogen) atoms. The van der Waals surface area contributed by atoms with Crippen molar-refractivity contribution in [3.05, 3.63) is 24.3 Å². The Labute approximate surface area is 119 Å². The Morgan fingerprint density at radius 3 is 2.05 bits per heavy atom. The van der Waals surface area contributed by atoms with Crippen molar-refractivity contribution in [2.24, 2.45) is 0 Å². The summed E-state index contributed by atoms with van der Waals surface area (Å²) in [5, 5.41) is 11.5. The van der Waals surface area contributed by atoms with E-state index in [1.54, 1.807) is 13.8 Å². The average Bonchev–Trinajstić information content (AvgIpc) is 2.25. The lowest BCUT2D eigenvalue weighted by Gasteiger charge is -2.25. The lowest BCUT2D eigenvalue weighted by molar-refractivity contribution is -0.137. The quantitative estimate of drug-likeness (QED) is 0.869. The number of anilines is 1. The molecule has 0 aliphatic rings. The number of sulfone groups is 1. The molecule has 0 aromatic heterocycles. The van der Waals surface area contributed by atoms with Crippen LogP contribution < -0.4 is 5.32 Å². The largest absolute Gasteiger partial charge is 0.501 e. The summed E-state index contributed by atoms with van der Waals surface area (Å²) in [4.78, 5) is 9.79. The molecule has 0 atom stereocenters. The maximum Gasteiger partial charge on any atom is 0.501 e. The van der Waals surface area contributed by atoms with E-state index in [2.05, 4.69) is 5.32 Å². The third-order valence-electron chi connectivity index (χ3n) is 2.55. The fraction of sp³-hybridized carbons (Fsp3) is 0.417. The molecule has 1 aromatic rings. The van der Waals surface area contributed by atoms with Crippen molar-refractivity contribution in [2.75, 3.05) is 5.32 Å². The van der Waals surface area contributed by atoms with E-state index in [-0.39, 0.29) is 6.42 Å². The molecule has 5 nitrogen and oxygen atoms in total. The number of carbonyl (C=O) groups is 1. The third kappa shape index (κ3) is 4.35. The molecule has 1 aromatic carbocycles. The van der Waals surface area contributed by atoms with Crippen LogP contribution in [-0.2, 0) is 14.6 Å². The van der Waals surface area contributed by atoms with Crippen LogP contribution in [-0.4, -0.2) is 30.5 Å². The summed E-state index contributed by atoms with van der Waals surface area (Å²) >= 11 is 0. The first-order valence-corrected chi connectivity index (χ1v) is 7.25. The average molecular weight is 325 g/mol. The summed E-state index contributed by atoms with van der Waals surface area (Å²) in [6.45, 7) is 3.20. The van der Waals surface area contributed by atoms with Crippen LogP contribution in [0.2, 0.25) is 0 Å². The van der Waals surface area contributed by atoms with Gasteiger partial charge in [0.2, 0.25) is 0 Å². The minimum atomic E-state index is -5.38. The summed E-state index contributed by atoms with van der Waals surface area (Å²) in [6.07, 6.45) is -0.213. The van der Waals surface area contributed by atoms with Crippen LogP contribution in [0, 0.1) is 0 Å². The molecule has 0 unspecified atom stereocenters. The van der Waals surface area contributed by atoms with Crippen LogP contribution in [0.5, 0.6) is 0 Å². The number of hydrogen-bond donors (Lipinski definition) is 2. The molecule has 0 saturated carbocycles. The Morgan fingerprint density at radius 1 is 1.19 bits per heavy atom. The van der Waals surface area contributed by atoms with Crippen LogP contribution in [0.3, 0.4) is 0 Å². The summed E-state index contributed by atoms with van der Waals surface area (Å²) in [5.74, 6) is -1.04. The highest BCUT2D eigenvalue weighted by atomic mass is 32.2. The fourth-order valence-corrected chi connectivity index (χ4v) is 2.43. The number of alkyl halides is 3. The van der Waals surface area contributed by atoms with Crippen LogP contribution in [0.15, 0.2) is 29.2 Å². The molecule has 0 spiro atoms. The summed E-state index contributed by atoms with van der Waals surface area (Å²) < 4.78 is 59.4. The molecule has 118 valence electrons. The molecule has 0 aliphatic carbocycles. The van der Waals surface area contributed by atoms with E-state index in [1.807, 2.05) is 0 Å². The molecule has 0 saturated heterocycles. The first kappa shape index (κ1) is 17.3. The number of rotatable bonds is 5. The fourth-order valence-electron chi connectivity index (χ4n) is 1.66. The van der Waals surface area contributed by atoms with E-state index < -0.39 is 31.7 Å². The Hall–Kier alpha value is -1.77. The lowest BCUT2D eigenvalue weighted by Crippen LogP contribution is -2.33. The van der Waals surface area contributed by atoms with Crippen LogP contribution in [0.1, 0.15) is 20.3 Å². The molecule has 0 heterocycles. The topological polar surface area (TPSA) is 83.5 Å². The Kier molecular flexibility index (Phi) is 4.57. The molecule has 0 aliphatic heterocycles. The van der Waals surface area contributed by atoms with Gasteiger partial charge in [0.25, 0.3) is 9.84 Å². The first-order chi connectivity index (χ1) is 9.35. The van der Waals surface area contributed by atoms with Gasteiger partial charge >= 0.3 is 11.5 Å².